The average Bonchev–Trinajstić information content (AvgIpc) is 2.69. The first-order valence-electron chi connectivity index (χ1n) is 6.14. The van der Waals surface area contributed by atoms with Gasteiger partial charge < -0.3 is 10.5 Å². The maximum Gasteiger partial charge on any atom is 0.252 e. The molecule has 5 heteroatoms. The molecular weight excluding hydrogens is 264 g/mol. The summed E-state index contributed by atoms with van der Waals surface area (Å²) in [4.78, 5) is 11.8. The molecule has 1 aromatic carbocycles. The Bertz CT molecular complexity index is 694. The largest absolute Gasteiger partial charge is 0.489 e. The van der Waals surface area contributed by atoms with Crippen molar-refractivity contribution in [3.8, 4) is 5.75 Å². The number of pyridine rings is 1. The molecule has 2 heterocycles. The molecule has 0 saturated carbocycles. The Kier molecular flexibility index (Phi) is 3.56. The van der Waals surface area contributed by atoms with Gasteiger partial charge in [-0.1, -0.05) is 6.07 Å². The first kappa shape index (κ1) is 13.9. The second-order valence-corrected chi connectivity index (χ2v) is 4.86. The molecule has 102 valence electrons. The van der Waals surface area contributed by atoms with Crippen molar-refractivity contribution in [1.82, 2.24) is 4.57 Å². The van der Waals surface area contributed by atoms with Gasteiger partial charge in [-0.15, -0.1) is 12.4 Å². The second-order valence-electron chi connectivity index (χ2n) is 4.86. The number of fused-ring (bicyclic) bond motifs is 3. The van der Waals surface area contributed by atoms with E-state index in [0.717, 1.165) is 28.6 Å². The highest BCUT2D eigenvalue weighted by atomic mass is 35.5. The SMILES string of the molecule is Cc1cc2c(c3ccc(=O)n(CN)c13)OC(C)C2.Cl. The van der Waals surface area contributed by atoms with Crippen molar-refractivity contribution in [3.05, 3.63) is 39.7 Å². The summed E-state index contributed by atoms with van der Waals surface area (Å²) < 4.78 is 7.45. The third-order valence-corrected chi connectivity index (χ3v) is 3.49. The second kappa shape index (κ2) is 4.87. The van der Waals surface area contributed by atoms with E-state index in [2.05, 4.69) is 13.0 Å². The third kappa shape index (κ3) is 2.01. The zero-order chi connectivity index (χ0) is 12.9. The third-order valence-electron chi connectivity index (χ3n) is 3.49. The van der Waals surface area contributed by atoms with Gasteiger partial charge in [0.15, 0.2) is 0 Å². The molecule has 19 heavy (non-hydrogen) atoms. The van der Waals surface area contributed by atoms with Crippen molar-refractivity contribution < 1.29 is 4.74 Å². The minimum atomic E-state index is -0.0703. The van der Waals surface area contributed by atoms with Crippen LogP contribution in [0.1, 0.15) is 18.1 Å². The first-order chi connectivity index (χ1) is 8.61. The molecule has 0 fully saturated rings. The average molecular weight is 281 g/mol. The van der Waals surface area contributed by atoms with Gasteiger partial charge in [-0.3, -0.25) is 9.36 Å². The predicted molar refractivity (Wildman–Crippen MR) is 78.2 cm³/mol. The van der Waals surface area contributed by atoms with E-state index < -0.39 is 0 Å². The Hall–Kier alpha value is -1.52. The summed E-state index contributed by atoms with van der Waals surface area (Å²) in [6.07, 6.45) is 1.12. The molecule has 0 saturated heterocycles. The summed E-state index contributed by atoms with van der Waals surface area (Å²) >= 11 is 0. The van der Waals surface area contributed by atoms with Gasteiger partial charge in [0.1, 0.15) is 11.9 Å². The van der Waals surface area contributed by atoms with Gasteiger partial charge in [0.05, 0.1) is 12.2 Å². The van der Waals surface area contributed by atoms with Gasteiger partial charge in [-0.05, 0) is 31.0 Å². The minimum Gasteiger partial charge on any atom is -0.489 e. The fourth-order valence-corrected chi connectivity index (χ4v) is 2.78. The number of nitrogens with two attached hydrogens (primary N) is 1. The van der Waals surface area contributed by atoms with Crippen molar-refractivity contribution in [2.45, 2.75) is 33.0 Å². The lowest BCUT2D eigenvalue weighted by Crippen LogP contribution is -2.24. The molecular formula is C14H17ClN2O2. The van der Waals surface area contributed by atoms with Gasteiger partial charge >= 0.3 is 0 Å². The Balaban J connectivity index is 0.00000133. The van der Waals surface area contributed by atoms with Crippen molar-refractivity contribution in [1.29, 1.82) is 0 Å². The van der Waals surface area contributed by atoms with Gasteiger partial charge in [0, 0.05) is 17.9 Å². The van der Waals surface area contributed by atoms with Crippen molar-refractivity contribution in [2.75, 3.05) is 0 Å². The fourth-order valence-electron chi connectivity index (χ4n) is 2.78. The van der Waals surface area contributed by atoms with Crippen LogP contribution in [0.5, 0.6) is 5.75 Å². The van der Waals surface area contributed by atoms with Crippen molar-refractivity contribution in [2.24, 2.45) is 5.73 Å². The molecule has 1 aromatic heterocycles. The molecule has 0 radical (unpaired) electrons. The molecule has 1 aliphatic rings. The Morgan fingerprint density at radius 1 is 1.47 bits per heavy atom. The van der Waals surface area contributed by atoms with E-state index in [4.69, 9.17) is 10.5 Å². The van der Waals surface area contributed by atoms with E-state index in [-0.39, 0.29) is 30.7 Å². The topological polar surface area (TPSA) is 57.2 Å². The zero-order valence-electron chi connectivity index (χ0n) is 11.0. The zero-order valence-corrected chi connectivity index (χ0v) is 11.8. The van der Waals surface area contributed by atoms with Crippen molar-refractivity contribution >= 4 is 23.3 Å². The molecule has 0 spiro atoms. The van der Waals surface area contributed by atoms with Gasteiger partial charge in [-0.25, -0.2) is 0 Å². The van der Waals surface area contributed by atoms with E-state index in [1.807, 2.05) is 13.0 Å². The molecule has 4 nitrogen and oxygen atoms in total. The van der Waals surface area contributed by atoms with Crippen LogP contribution in [-0.4, -0.2) is 10.7 Å². The van der Waals surface area contributed by atoms with Crippen LogP contribution in [-0.2, 0) is 13.1 Å². The summed E-state index contributed by atoms with van der Waals surface area (Å²) in [5.41, 5.74) is 8.79. The summed E-state index contributed by atoms with van der Waals surface area (Å²) in [5.74, 6) is 0.908. The van der Waals surface area contributed by atoms with Crippen LogP contribution in [0, 0.1) is 6.92 Å². The molecule has 1 aliphatic heterocycles. The number of hydrogen-bond donors (Lipinski definition) is 1. The Morgan fingerprint density at radius 3 is 2.89 bits per heavy atom. The molecule has 2 aromatic rings. The highest BCUT2D eigenvalue weighted by Crippen LogP contribution is 2.37. The number of aryl methyl sites for hydroxylation is 1. The minimum absolute atomic E-state index is 0. The van der Waals surface area contributed by atoms with Gasteiger partial charge in [-0.2, -0.15) is 0 Å². The number of benzene rings is 1. The summed E-state index contributed by atoms with van der Waals surface area (Å²) in [7, 11) is 0. The highest BCUT2D eigenvalue weighted by Gasteiger charge is 2.23. The highest BCUT2D eigenvalue weighted by molar-refractivity contribution is 5.90. The Labute approximate surface area is 117 Å². The first-order valence-corrected chi connectivity index (χ1v) is 6.14. The van der Waals surface area contributed by atoms with Crippen LogP contribution in [0.2, 0.25) is 0 Å². The normalized spacial score (nSPS) is 16.9. The van der Waals surface area contributed by atoms with E-state index in [1.54, 1.807) is 10.6 Å². The number of aromatic nitrogens is 1. The van der Waals surface area contributed by atoms with E-state index in [9.17, 15) is 4.79 Å². The number of rotatable bonds is 1. The van der Waals surface area contributed by atoms with Crippen LogP contribution < -0.4 is 16.0 Å². The molecule has 2 N–H and O–H groups in total. The maximum atomic E-state index is 11.8. The molecule has 1 unspecified atom stereocenters. The van der Waals surface area contributed by atoms with E-state index >= 15 is 0 Å². The summed E-state index contributed by atoms with van der Waals surface area (Å²) in [6.45, 7) is 4.25. The van der Waals surface area contributed by atoms with Gasteiger partial charge in [0.2, 0.25) is 0 Å². The maximum absolute atomic E-state index is 11.8. The number of hydrogen-bond acceptors (Lipinski definition) is 3. The molecule has 0 bridgehead atoms. The Morgan fingerprint density at radius 2 is 2.21 bits per heavy atom. The molecule has 1 atom stereocenters. The van der Waals surface area contributed by atoms with Crippen LogP contribution in [0.4, 0.5) is 0 Å². The molecule has 3 rings (SSSR count). The van der Waals surface area contributed by atoms with Crippen LogP contribution in [0.15, 0.2) is 23.0 Å². The number of ether oxygens (including phenoxy) is 1. The van der Waals surface area contributed by atoms with E-state index in [0.29, 0.717) is 0 Å². The molecule has 0 amide bonds. The lowest BCUT2D eigenvalue weighted by atomic mass is 10.0. The fraction of sp³-hybridized carbons (Fsp3) is 0.357. The number of halogens is 1. The molecule has 0 aliphatic carbocycles. The monoisotopic (exact) mass is 280 g/mol. The smallest absolute Gasteiger partial charge is 0.252 e. The standard InChI is InChI=1S/C14H16N2O2.ClH/c1-8-5-10-6-9(2)18-14(10)11-3-4-12(17)16(7-15)13(8)11;/h3-5,9H,6-7,15H2,1-2H3;1H. The van der Waals surface area contributed by atoms with Crippen molar-refractivity contribution in [3.63, 3.8) is 0 Å². The summed E-state index contributed by atoms with van der Waals surface area (Å²) in [6, 6.07) is 5.50. The van der Waals surface area contributed by atoms with Crippen LogP contribution in [0.3, 0.4) is 0 Å². The predicted octanol–water partition coefficient (Wildman–Crippen LogP) is 1.97. The summed E-state index contributed by atoms with van der Waals surface area (Å²) in [5, 5.41) is 0.986. The lowest BCUT2D eigenvalue weighted by molar-refractivity contribution is 0.257. The van der Waals surface area contributed by atoms with Crippen LogP contribution >= 0.6 is 12.4 Å². The quantitative estimate of drug-likeness (QED) is 0.869. The number of nitrogens with zero attached hydrogens (tertiary/aromatic N) is 1. The van der Waals surface area contributed by atoms with Crippen LogP contribution in [0.25, 0.3) is 10.9 Å². The lowest BCUT2D eigenvalue weighted by Gasteiger charge is -2.13. The van der Waals surface area contributed by atoms with E-state index in [1.165, 1.54) is 5.56 Å². The van der Waals surface area contributed by atoms with Gasteiger partial charge in [0.25, 0.3) is 5.56 Å².